The van der Waals surface area contributed by atoms with Crippen molar-refractivity contribution in [3.05, 3.63) is 29.8 Å². The third-order valence-corrected chi connectivity index (χ3v) is 5.17. The van der Waals surface area contributed by atoms with Gasteiger partial charge in [0.2, 0.25) is 5.91 Å². The second-order valence-corrected chi connectivity index (χ2v) is 7.42. The fourth-order valence-corrected chi connectivity index (χ4v) is 3.46. The summed E-state index contributed by atoms with van der Waals surface area (Å²) >= 11 is 0. The fraction of sp³-hybridized carbons (Fsp3) is 0.591. The minimum atomic E-state index is -0.0452. The van der Waals surface area contributed by atoms with Gasteiger partial charge in [0.05, 0.1) is 13.1 Å². The highest BCUT2D eigenvalue weighted by molar-refractivity contribution is 5.89. The molecule has 30 heavy (non-hydrogen) atoms. The number of urea groups is 1. The number of likely N-dealkylation sites (N-methyl/N-ethyl adjacent to an activating group) is 2. The molecular formula is C22H36N6O2. The lowest BCUT2D eigenvalue weighted by Gasteiger charge is -2.25. The summed E-state index contributed by atoms with van der Waals surface area (Å²) in [7, 11) is 1.87. The molecule has 1 heterocycles. The van der Waals surface area contributed by atoms with Crippen molar-refractivity contribution in [2.45, 2.75) is 40.2 Å². The van der Waals surface area contributed by atoms with E-state index in [4.69, 9.17) is 0 Å². The first kappa shape index (κ1) is 23.5. The Hall–Kier alpha value is -2.77. The molecule has 166 valence electrons. The molecule has 1 aromatic rings. The molecule has 0 aliphatic carbocycles. The average molecular weight is 417 g/mol. The summed E-state index contributed by atoms with van der Waals surface area (Å²) in [6.45, 7) is 10.5. The van der Waals surface area contributed by atoms with Gasteiger partial charge in [-0.15, -0.1) is 0 Å². The van der Waals surface area contributed by atoms with Crippen molar-refractivity contribution in [3.63, 3.8) is 0 Å². The first-order valence-electron chi connectivity index (χ1n) is 10.9. The fourth-order valence-electron chi connectivity index (χ4n) is 3.46. The van der Waals surface area contributed by atoms with Crippen molar-refractivity contribution in [1.29, 1.82) is 0 Å². The quantitative estimate of drug-likeness (QED) is 0.504. The first-order chi connectivity index (χ1) is 14.5. The summed E-state index contributed by atoms with van der Waals surface area (Å²) in [6, 6.07) is 7.70. The normalized spacial score (nSPS) is 13.9. The van der Waals surface area contributed by atoms with E-state index in [9.17, 15) is 9.59 Å². The van der Waals surface area contributed by atoms with Crippen LogP contribution in [0.4, 0.5) is 10.5 Å². The van der Waals surface area contributed by atoms with Crippen molar-refractivity contribution in [2.24, 2.45) is 4.99 Å². The summed E-state index contributed by atoms with van der Waals surface area (Å²) in [6.07, 6.45) is 2.14. The Morgan fingerprint density at radius 1 is 1.13 bits per heavy atom. The summed E-state index contributed by atoms with van der Waals surface area (Å²) in [5.41, 5.74) is 1.77. The summed E-state index contributed by atoms with van der Waals surface area (Å²) in [5, 5.41) is 6.22. The number of rotatable bonds is 8. The van der Waals surface area contributed by atoms with E-state index in [0.717, 1.165) is 37.2 Å². The molecule has 8 heteroatoms. The minimum absolute atomic E-state index is 0.0452. The van der Waals surface area contributed by atoms with Crippen LogP contribution in [0.15, 0.2) is 29.3 Å². The molecular weight excluding hydrogens is 380 g/mol. The maximum Gasteiger partial charge on any atom is 0.321 e. The zero-order chi connectivity index (χ0) is 21.9. The SMILES string of the molecule is CCNC(=NCc1cccc(NC(=O)N2CCCC2)c1)N(C)CC(=O)N(CC)CC. The van der Waals surface area contributed by atoms with Crippen LogP contribution in [0.5, 0.6) is 0 Å². The number of hydrogen-bond acceptors (Lipinski definition) is 3. The van der Waals surface area contributed by atoms with Crippen molar-refractivity contribution in [2.75, 3.05) is 51.6 Å². The molecule has 1 saturated heterocycles. The molecule has 8 nitrogen and oxygen atoms in total. The van der Waals surface area contributed by atoms with Crippen molar-refractivity contribution >= 4 is 23.6 Å². The van der Waals surface area contributed by atoms with Crippen molar-refractivity contribution in [1.82, 2.24) is 20.0 Å². The topological polar surface area (TPSA) is 80.3 Å². The first-order valence-corrected chi connectivity index (χ1v) is 10.9. The molecule has 0 bridgehead atoms. The second kappa shape index (κ2) is 12.0. The highest BCUT2D eigenvalue weighted by atomic mass is 16.2. The Morgan fingerprint density at radius 3 is 2.47 bits per heavy atom. The third kappa shape index (κ3) is 6.93. The van der Waals surface area contributed by atoms with E-state index in [2.05, 4.69) is 15.6 Å². The molecule has 0 spiro atoms. The largest absolute Gasteiger partial charge is 0.357 e. The molecule has 0 saturated carbocycles. The predicted molar refractivity (Wildman–Crippen MR) is 122 cm³/mol. The van der Waals surface area contributed by atoms with Crippen LogP contribution in [0, 0.1) is 0 Å². The van der Waals surface area contributed by atoms with Gasteiger partial charge in [0.15, 0.2) is 5.96 Å². The Kier molecular flexibility index (Phi) is 9.44. The number of guanidine groups is 1. The van der Waals surface area contributed by atoms with E-state index in [0.29, 0.717) is 32.1 Å². The molecule has 0 atom stereocenters. The monoisotopic (exact) mass is 416 g/mol. The number of carbonyl (C=O) groups excluding carboxylic acids is 2. The zero-order valence-corrected chi connectivity index (χ0v) is 18.8. The predicted octanol–water partition coefficient (Wildman–Crippen LogP) is 2.58. The van der Waals surface area contributed by atoms with E-state index < -0.39 is 0 Å². The highest BCUT2D eigenvalue weighted by Crippen LogP contribution is 2.15. The molecule has 3 amide bonds. The number of carbonyl (C=O) groups is 2. The van der Waals surface area contributed by atoms with Crippen LogP contribution in [0.2, 0.25) is 0 Å². The summed E-state index contributed by atoms with van der Waals surface area (Å²) in [5.74, 6) is 0.768. The van der Waals surface area contributed by atoms with Gasteiger partial charge in [-0.1, -0.05) is 12.1 Å². The van der Waals surface area contributed by atoms with E-state index >= 15 is 0 Å². The Morgan fingerprint density at radius 2 is 1.83 bits per heavy atom. The van der Waals surface area contributed by atoms with Gasteiger partial charge in [0.1, 0.15) is 0 Å². The van der Waals surface area contributed by atoms with Crippen LogP contribution < -0.4 is 10.6 Å². The number of nitrogens with zero attached hydrogens (tertiary/aromatic N) is 4. The van der Waals surface area contributed by atoms with Crippen LogP contribution in [0.3, 0.4) is 0 Å². The number of benzene rings is 1. The molecule has 2 N–H and O–H groups in total. The molecule has 1 aliphatic heterocycles. The lowest BCUT2D eigenvalue weighted by Crippen LogP contribution is -2.45. The third-order valence-electron chi connectivity index (χ3n) is 5.17. The minimum Gasteiger partial charge on any atom is -0.357 e. The smallest absolute Gasteiger partial charge is 0.321 e. The van der Waals surface area contributed by atoms with Crippen molar-refractivity contribution in [3.8, 4) is 0 Å². The molecule has 1 aliphatic rings. The molecule has 0 radical (unpaired) electrons. The molecule has 1 fully saturated rings. The van der Waals surface area contributed by atoms with Gasteiger partial charge in [-0.05, 0) is 51.3 Å². The molecule has 0 aromatic heterocycles. The standard InChI is InChI=1S/C22H36N6O2/c1-5-23-21(26(4)17-20(29)27(6-2)7-3)24-16-18-11-10-12-19(15-18)25-22(30)28-13-8-9-14-28/h10-12,15H,5-9,13-14,16-17H2,1-4H3,(H,23,24)(H,25,30). The van der Waals surface area contributed by atoms with Gasteiger partial charge in [-0.3, -0.25) is 4.79 Å². The van der Waals surface area contributed by atoms with Crippen LogP contribution in [0.1, 0.15) is 39.2 Å². The van der Waals surface area contributed by atoms with E-state index in [-0.39, 0.29) is 18.5 Å². The van der Waals surface area contributed by atoms with E-state index in [1.54, 1.807) is 0 Å². The van der Waals surface area contributed by atoms with E-state index in [1.165, 1.54) is 0 Å². The zero-order valence-electron chi connectivity index (χ0n) is 18.8. The number of nitrogens with one attached hydrogen (secondary N) is 2. The average Bonchev–Trinajstić information content (AvgIpc) is 3.27. The number of amides is 3. The maximum absolute atomic E-state index is 12.4. The molecule has 2 rings (SSSR count). The molecule has 0 unspecified atom stereocenters. The van der Waals surface area contributed by atoms with Gasteiger partial charge in [-0.2, -0.15) is 0 Å². The van der Waals surface area contributed by atoms with Crippen LogP contribution in [-0.4, -0.2) is 78.9 Å². The van der Waals surface area contributed by atoms with Crippen LogP contribution in [0.25, 0.3) is 0 Å². The number of anilines is 1. The Balaban J connectivity index is 2.01. The number of likely N-dealkylation sites (tertiary alicyclic amines) is 1. The summed E-state index contributed by atoms with van der Waals surface area (Å²) in [4.78, 5) is 34.9. The van der Waals surface area contributed by atoms with Gasteiger partial charge >= 0.3 is 6.03 Å². The lowest BCUT2D eigenvalue weighted by atomic mass is 10.2. The van der Waals surface area contributed by atoms with Crippen LogP contribution >= 0.6 is 0 Å². The maximum atomic E-state index is 12.4. The Labute approximate surface area is 180 Å². The summed E-state index contributed by atoms with van der Waals surface area (Å²) < 4.78 is 0. The van der Waals surface area contributed by atoms with Gasteiger partial charge in [0.25, 0.3) is 0 Å². The second-order valence-electron chi connectivity index (χ2n) is 7.42. The Bertz CT molecular complexity index is 726. The lowest BCUT2D eigenvalue weighted by molar-refractivity contribution is -0.131. The van der Waals surface area contributed by atoms with E-state index in [1.807, 2.05) is 66.8 Å². The van der Waals surface area contributed by atoms with Gasteiger partial charge in [-0.25, -0.2) is 9.79 Å². The van der Waals surface area contributed by atoms with Crippen LogP contribution in [-0.2, 0) is 11.3 Å². The highest BCUT2D eigenvalue weighted by Gasteiger charge is 2.18. The van der Waals surface area contributed by atoms with Crippen molar-refractivity contribution < 1.29 is 9.59 Å². The molecule has 1 aromatic carbocycles. The number of hydrogen-bond donors (Lipinski definition) is 2. The number of aliphatic imine (C=N–C) groups is 1. The van der Waals surface area contributed by atoms with Gasteiger partial charge < -0.3 is 25.3 Å². The van der Waals surface area contributed by atoms with Gasteiger partial charge in [0, 0.05) is 45.5 Å².